The Morgan fingerprint density at radius 2 is 1.71 bits per heavy atom. The Labute approximate surface area is 228 Å². The number of hydrogen-bond acceptors (Lipinski definition) is 7. The molecule has 1 unspecified atom stereocenters. The summed E-state index contributed by atoms with van der Waals surface area (Å²) in [5.74, 6) is -0.661. The van der Waals surface area contributed by atoms with Gasteiger partial charge in [-0.25, -0.2) is 9.69 Å². The van der Waals surface area contributed by atoms with E-state index < -0.39 is 23.4 Å². The number of esters is 1. The van der Waals surface area contributed by atoms with Crippen molar-refractivity contribution in [2.75, 3.05) is 25.2 Å². The minimum Gasteiger partial charge on any atom is -0.497 e. The molecule has 0 saturated heterocycles. The van der Waals surface area contributed by atoms with Crippen LogP contribution in [0.3, 0.4) is 0 Å². The van der Waals surface area contributed by atoms with Crippen LogP contribution in [0.2, 0.25) is 0 Å². The fraction of sp³-hybridized carbons (Fsp3) is 0.207. The number of fused-ring (bicyclic) bond motifs is 1. The van der Waals surface area contributed by atoms with Crippen molar-refractivity contribution in [3.05, 3.63) is 101 Å². The number of amides is 2. The molecule has 8 nitrogen and oxygen atoms in total. The molecule has 9 heteroatoms. The van der Waals surface area contributed by atoms with Gasteiger partial charge in [-0.05, 0) is 52.7 Å². The van der Waals surface area contributed by atoms with Gasteiger partial charge in [-0.3, -0.25) is 9.59 Å². The maximum Gasteiger partial charge on any atom is 0.421 e. The van der Waals surface area contributed by atoms with Crippen LogP contribution in [0.25, 0.3) is 0 Å². The van der Waals surface area contributed by atoms with Gasteiger partial charge in [-0.2, -0.15) is 0 Å². The number of carbonyl (C=O) groups is 3. The van der Waals surface area contributed by atoms with Gasteiger partial charge < -0.3 is 18.9 Å². The van der Waals surface area contributed by atoms with Gasteiger partial charge in [-0.15, -0.1) is 0 Å². The molecule has 0 saturated carbocycles. The summed E-state index contributed by atoms with van der Waals surface area (Å²) in [5, 5.41) is 0. The van der Waals surface area contributed by atoms with Crippen molar-refractivity contribution in [1.29, 1.82) is 0 Å². The Morgan fingerprint density at radius 1 is 1.00 bits per heavy atom. The lowest BCUT2D eigenvalue weighted by molar-refractivity contribution is -0.151. The third-order valence-corrected chi connectivity index (χ3v) is 6.71. The van der Waals surface area contributed by atoms with E-state index in [9.17, 15) is 14.4 Å². The number of rotatable bonds is 9. The lowest BCUT2D eigenvalue weighted by Crippen LogP contribution is -2.50. The smallest absolute Gasteiger partial charge is 0.421 e. The molecule has 0 bridgehead atoms. The molecule has 0 spiro atoms. The van der Waals surface area contributed by atoms with E-state index >= 15 is 0 Å². The number of halogens is 1. The predicted octanol–water partition coefficient (Wildman–Crippen LogP) is 5.56. The first kappa shape index (κ1) is 26.9. The van der Waals surface area contributed by atoms with Crippen LogP contribution in [0.1, 0.15) is 23.6 Å². The lowest BCUT2D eigenvalue weighted by atomic mass is 9.74. The number of imide groups is 1. The largest absolute Gasteiger partial charge is 0.497 e. The number of carbonyl (C=O) groups excluding carboxylic acids is 3. The van der Waals surface area contributed by atoms with E-state index in [1.165, 1.54) is 6.08 Å². The molecule has 3 aromatic rings. The predicted molar refractivity (Wildman–Crippen MR) is 144 cm³/mol. The van der Waals surface area contributed by atoms with Crippen LogP contribution >= 0.6 is 15.9 Å². The molecular weight excluding hydrogens is 554 g/mol. The van der Waals surface area contributed by atoms with Gasteiger partial charge in [-0.1, -0.05) is 55.1 Å². The van der Waals surface area contributed by atoms with E-state index in [4.69, 9.17) is 18.9 Å². The highest BCUT2D eigenvalue weighted by atomic mass is 79.9. The van der Waals surface area contributed by atoms with Crippen molar-refractivity contribution < 1.29 is 33.3 Å². The Kier molecular flexibility index (Phi) is 8.16. The van der Waals surface area contributed by atoms with E-state index in [-0.39, 0.29) is 42.4 Å². The number of nitrogens with zero attached hydrogens (tertiary/aromatic N) is 1. The molecule has 196 valence electrons. The number of para-hydroxylation sites is 2. The maximum atomic E-state index is 14.3. The molecule has 1 heterocycles. The maximum absolute atomic E-state index is 14.3. The van der Waals surface area contributed by atoms with Gasteiger partial charge in [0.2, 0.25) is 5.41 Å². The molecule has 3 aromatic carbocycles. The summed E-state index contributed by atoms with van der Waals surface area (Å²) in [7, 11) is 1.59. The molecule has 0 aliphatic carbocycles. The average Bonchev–Trinajstić information content (AvgIpc) is 3.21. The number of methoxy groups -OCH3 is 1. The number of hydrogen-bond donors (Lipinski definition) is 0. The van der Waals surface area contributed by atoms with Gasteiger partial charge >= 0.3 is 12.1 Å². The summed E-state index contributed by atoms with van der Waals surface area (Å²) in [6, 6.07) is 19.0. The van der Waals surface area contributed by atoms with Crippen LogP contribution in [0.4, 0.5) is 10.5 Å². The molecule has 0 aromatic heterocycles. The third kappa shape index (κ3) is 4.65. The molecule has 38 heavy (non-hydrogen) atoms. The molecule has 4 rings (SSSR count). The zero-order valence-corrected chi connectivity index (χ0v) is 22.5. The Hall–Kier alpha value is -4.11. The first-order chi connectivity index (χ1) is 18.4. The average molecular weight is 580 g/mol. The summed E-state index contributed by atoms with van der Waals surface area (Å²) in [6.45, 7) is 5.26. The first-order valence-corrected chi connectivity index (χ1v) is 12.6. The van der Waals surface area contributed by atoms with E-state index in [0.717, 1.165) is 10.5 Å². The molecule has 0 radical (unpaired) electrons. The van der Waals surface area contributed by atoms with Crippen molar-refractivity contribution in [2.24, 2.45) is 0 Å². The highest BCUT2D eigenvalue weighted by Crippen LogP contribution is 2.52. The van der Waals surface area contributed by atoms with Crippen molar-refractivity contribution in [3.63, 3.8) is 0 Å². The van der Waals surface area contributed by atoms with Gasteiger partial charge in [0, 0.05) is 15.6 Å². The molecular formula is C29H26BrNO7. The second-order valence-electron chi connectivity index (χ2n) is 8.25. The molecule has 0 N–H and O–H groups in total. The Bertz CT molecular complexity index is 1370. The second-order valence-corrected chi connectivity index (χ2v) is 9.10. The molecule has 2 amide bonds. The minimum atomic E-state index is -2.02. The van der Waals surface area contributed by atoms with Crippen LogP contribution < -0.4 is 14.4 Å². The quantitative estimate of drug-likeness (QED) is 0.186. The van der Waals surface area contributed by atoms with E-state index in [1.54, 1.807) is 56.5 Å². The standard InChI is InChI=1S/C29H26BrNO7/c1-4-17-37-28(34)31-25-22(10-8-11-23(25)30)29(26(31)32,27(33)36-5-2)21-9-6-7-12-24(21)38-18-19-13-15-20(35-3)16-14-19/h4,6-16H,1,5,17-18H2,2-3H3. The third-order valence-electron chi connectivity index (χ3n) is 6.07. The van der Waals surface area contributed by atoms with E-state index in [0.29, 0.717) is 10.2 Å². The van der Waals surface area contributed by atoms with Crippen molar-refractivity contribution in [2.45, 2.75) is 18.9 Å². The fourth-order valence-corrected chi connectivity index (χ4v) is 4.93. The van der Waals surface area contributed by atoms with Gasteiger partial charge in [0.1, 0.15) is 24.7 Å². The first-order valence-electron chi connectivity index (χ1n) is 11.8. The Balaban J connectivity index is 1.87. The van der Waals surface area contributed by atoms with E-state index in [1.807, 2.05) is 24.3 Å². The number of ether oxygens (including phenoxy) is 4. The summed E-state index contributed by atoms with van der Waals surface area (Å²) in [6.07, 6.45) is 0.450. The van der Waals surface area contributed by atoms with Crippen LogP contribution in [0.15, 0.2) is 83.9 Å². The Morgan fingerprint density at radius 3 is 2.39 bits per heavy atom. The molecule has 1 aliphatic rings. The highest BCUT2D eigenvalue weighted by Gasteiger charge is 2.62. The van der Waals surface area contributed by atoms with Crippen LogP contribution in [-0.4, -0.2) is 38.3 Å². The van der Waals surface area contributed by atoms with Gasteiger partial charge in [0.05, 0.1) is 19.4 Å². The summed E-state index contributed by atoms with van der Waals surface area (Å²) in [4.78, 5) is 42.0. The minimum absolute atomic E-state index is 0.0208. The van der Waals surface area contributed by atoms with Crippen molar-refractivity contribution in [3.8, 4) is 11.5 Å². The second kappa shape index (κ2) is 11.5. The highest BCUT2D eigenvalue weighted by molar-refractivity contribution is 9.10. The lowest BCUT2D eigenvalue weighted by Gasteiger charge is -2.28. The fourth-order valence-electron chi connectivity index (χ4n) is 4.39. The summed E-state index contributed by atoms with van der Waals surface area (Å²) in [5.41, 5.74) is -0.452. The van der Waals surface area contributed by atoms with Crippen molar-refractivity contribution >= 4 is 39.6 Å². The molecule has 1 aliphatic heterocycles. The zero-order valence-electron chi connectivity index (χ0n) is 20.9. The van der Waals surface area contributed by atoms with Gasteiger partial charge in [0.15, 0.2) is 0 Å². The SMILES string of the molecule is C=CCOC(=O)N1C(=O)C(C(=O)OCC)(c2ccccc2OCc2ccc(OC)cc2)c2cccc(Br)c21. The van der Waals surface area contributed by atoms with Crippen LogP contribution in [-0.2, 0) is 31.1 Å². The van der Waals surface area contributed by atoms with E-state index in [2.05, 4.69) is 22.5 Å². The molecule has 0 fully saturated rings. The van der Waals surface area contributed by atoms with Gasteiger partial charge in [0.25, 0.3) is 5.91 Å². The summed E-state index contributed by atoms with van der Waals surface area (Å²) < 4.78 is 22.5. The number of anilines is 1. The zero-order chi connectivity index (χ0) is 27.3. The topological polar surface area (TPSA) is 91.4 Å². The van der Waals surface area contributed by atoms with Crippen LogP contribution in [0.5, 0.6) is 11.5 Å². The van der Waals surface area contributed by atoms with Crippen molar-refractivity contribution in [1.82, 2.24) is 0 Å². The number of benzene rings is 3. The normalized spacial score (nSPS) is 16.0. The monoisotopic (exact) mass is 579 g/mol. The molecule has 1 atom stereocenters. The summed E-state index contributed by atoms with van der Waals surface area (Å²) >= 11 is 3.44. The van der Waals surface area contributed by atoms with Crippen LogP contribution in [0, 0.1) is 0 Å².